The van der Waals surface area contributed by atoms with Gasteiger partial charge in [-0.2, -0.15) is 5.26 Å². The minimum atomic E-state index is 0.429. The Morgan fingerprint density at radius 1 is 1.24 bits per heavy atom. The van der Waals surface area contributed by atoms with Gasteiger partial charge in [-0.05, 0) is 43.3 Å². The van der Waals surface area contributed by atoms with Crippen LogP contribution in [0.4, 0.5) is 0 Å². The van der Waals surface area contributed by atoms with Gasteiger partial charge in [-0.1, -0.05) is 0 Å². The number of rotatable bonds is 4. The van der Waals surface area contributed by atoms with Crippen molar-refractivity contribution >= 4 is 0 Å². The van der Waals surface area contributed by atoms with Crippen LogP contribution < -0.4 is 4.74 Å². The average molecular weight is 281 g/mol. The molecule has 2 heterocycles. The van der Waals surface area contributed by atoms with Crippen LogP contribution in [0.5, 0.6) is 5.75 Å². The molecule has 1 aliphatic rings. The number of nitrogens with zero attached hydrogens (tertiary/aromatic N) is 3. The van der Waals surface area contributed by atoms with Crippen LogP contribution >= 0.6 is 0 Å². The van der Waals surface area contributed by atoms with Crippen molar-refractivity contribution in [3.63, 3.8) is 0 Å². The zero-order chi connectivity index (χ0) is 14.7. The highest BCUT2D eigenvalue weighted by Crippen LogP contribution is 2.24. The van der Waals surface area contributed by atoms with Crippen molar-refractivity contribution in [1.82, 2.24) is 9.47 Å². The van der Waals surface area contributed by atoms with Crippen LogP contribution in [0.2, 0.25) is 0 Å². The molecule has 21 heavy (non-hydrogen) atoms. The lowest BCUT2D eigenvalue weighted by molar-refractivity contribution is 0.139. The van der Waals surface area contributed by atoms with Crippen molar-refractivity contribution < 1.29 is 4.74 Å². The van der Waals surface area contributed by atoms with Crippen LogP contribution in [0.1, 0.15) is 24.2 Å². The smallest absolute Gasteiger partial charge is 0.119 e. The molecule has 4 heteroatoms. The Balaban J connectivity index is 1.53. The molecule has 0 radical (unpaired) electrons. The van der Waals surface area contributed by atoms with Crippen molar-refractivity contribution in [2.24, 2.45) is 0 Å². The first-order valence-corrected chi connectivity index (χ1v) is 7.30. The summed E-state index contributed by atoms with van der Waals surface area (Å²) in [6.07, 6.45) is 2.15. The van der Waals surface area contributed by atoms with E-state index in [0.717, 1.165) is 25.4 Å². The summed E-state index contributed by atoms with van der Waals surface area (Å²) in [5, 5.41) is 8.77. The summed E-state index contributed by atoms with van der Waals surface area (Å²) in [5.74, 6) is 0.821. The number of hydrogen-bond acceptors (Lipinski definition) is 3. The van der Waals surface area contributed by atoms with Crippen molar-refractivity contribution in [1.29, 1.82) is 5.26 Å². The molecular formula is C17H19N3O. The number of benzene rings is 1. The number of ether oxygens (including phenoxy) is 1. The van der Waals surface area contributed by atoms with E-state index in [1.807, 2.05) is 12.1 Å². The van der Waals surface area contributed by atoms with Gasteiger partial charge in [-0.25, -0.2) is 0 Å². The number of aromatic nitrogens is 1. The molecule has 0 aliphatic carbocycles. The van der Waals surface area contributed by atoms with E-state index in [9.17, 15) is 0 Å². The van der Waals surface area contributed by atoms with Gasteiger partial charge in [0.25, 0.3) is 0 Å². The lowest BCUT2D eigenvalue weighted by Crippen LogP contribution is -2.38. The maximum absolute atomic E-state index is 8.77. The fourth-order valence-corrected chi connectivity index (χ4v) is 2.84. The molecule has 0 saturated carbocycles. The molecule has 0 bridgehead atoms. The topological polar surface area (TPSA) is 41.2 Å². The second kappa shape index (κ2) is 6.02. The van der Waals surface area contributed by atoms with Crippen LogP contribution in [0.15, 0.2) is 42.6 Å². The van der Waals surface area contributed by atoms with Crippen molar-refractivity contribution in [3.05, 3.63) is 53.9 Å². The van der Waals surface area contributed by atoms with E-state index >= 15 is 0 Å². The summed E-state index contributed by atoms with van der Waals surface area (Å²) in [6, 6.07) is 14.1. The van der Waals surface area contributed by atoms with E-state index < -0.39 is 0 Å². The molecule has 1 aromatic heterocycles. The first kappa shape index (κ1) is 13.7. The lowest BCUT2D eigenvalue weighted by atomic mass is 10.1. The molecule has 3 rings (SSSR count). The van der Waals surface area contributed by atoms with Gasteiger partial charge in [0.15, 0.2) is 0 Å². The largest absolute Gasteiger partial charge is 0.492 e. The maximum atomic E-state index is 8.77. The molecule has 4 nitrogen and oxygen atoms in total. The van der Waals surface area contributed by atoms with Gasteiger partial charge in [0.2, 0.25) is 0 Å². The SMILES string of the molecule is CC1c2cccn2CCN1CCOc1ccc(C#N)cc1. The Labute approximate surface area is 125 Å². The Bertz CT molecular complexity index is 639. The van der Waals surface area contributed by atoms with Crippen LogP contribution in [0.3, 0.4) is 0 Å². The van der Waals surface area contributed by atoms with Crippen molar-refractivity contribution in [2.75, 3.05) is 19.7 Å². The molecule has 1 atom stereocenters. The molecule has 1 aromatic carbocycles. The third-order valence-electron chi connectivity index (χ3n) is 4.10. The molecule has 0 fully saturated rings. The van der Waals surface area contributed by atoms with E-state index in [1.54, 1.807) is 12.1 Å². The fourth-order valence-electron chi connectivity index (χ4n) is 2.84. The fraction of sp³-hybridized carbons (Fsp3) is 0.353. The second-order valence-electron chi connectivity index (χ2n) is 5.32. The summed E-state index contributed by atoms with van der Waals surface area (Å²) in [5.41, 5.74) is 2.03. The van der Waals surface area contributed by atoms with Crippen molar-refractivity contribution in [2.45, 2.75) is 19.5 Å². The van der Waals surface area contributed by atoms with Gasteiger partial charge in [0.05, 0.1) is 11.6 Å². The minimum absolute atomic E-state index is 0.429. The van der Waals surface area contributed by atoms with Crippen LogP contribution in [0, 0.1) is 11.3 Å². The van der Waals surface area contributed by atoms with Gasteiger partial charge in [-0.15, -0.1) is 0 Å². The Kier molecular flexibility index (Phi) is 3.94. The highest BCUT2D eigenvalue weighted by atomic mass is 16.5. The third-order valence-corrected chi connectivity index (χ3v) is 4.10. The molecule has 0 amide bonds. The van der Waals surface area contributed by atoms with Crippen molar-refractivity contribution in [3.8, 4) is 11.8 Å². The predicted molar refractivity (Wildman–Crippen MR) is 81.1 cm³/mol. The van der Waals surface area contributed by atoms with Crippen LogP contribution in [-0.2, 0) is 6.54 Å². The first-order valence-electron chi connectivity index (χ1n) is 7.30. The quantitative estimate of drug-likeness (QED) is 0.865. The molecule has 0 saturated heterocycles. The van der Waals surface area contributed by atoms with Gasteiger partial charge < -0.3 is 9.30 Å². The molecule has 2 aromatic rings. The number of nitriles is 1. The first-order chi connectivity index (χ1) is 10.3. The van der Waals surface area contributed by atoms with E-state index in [4.69, 9.17) is 10.00 Å². The van der Waals surface area contributed by atoms with Gasteiger partial charge in [0.1, 0.15) is 12.4 Å². The highest BCUT2D eigenvalue weighted by Gasteiger charge is 2.22. The monoisotopic (exact) mass is 281 g/mol. The molecule has 1 aliphatic heterocycles. The summed E-state index contributed by atoms with van der Waals surface area (Å²) in [6.45, 7) is 5.92. The average Bonchev–Trinajstić information content (AvgIpc) is 3.00. The second-order valence-corrected chi connectivity index (χ2v) is 5.32. The maximum Gasteiger partial charge on any atom is 0.119 e. The molecule has 0 N–H and O–H groups in total. The third kappa shape index (κ3) is 2.93. The van der Waals surface area contributed by atoms with E-state index in [0.29, 0.717) is 18.2 Å². The van der Waals surface area contributed by atoms with Gasteiger partial charge in [0, 0.05) is 37.6 Å². The Morgan fingerprint density at radius 2 is 2.05 bits per heavy atom. The summed E-state index contributed by atoms with van der Waals surface area (Å²) < 4.78 is 8.09. The van der Waals surface area contributed by atoms with Crippen LogP contribution in [0.25, 0.3) is 0 Å². The zero-order valence-corrected chi connectivity index (χ0v) is 12.2. The van der Waals surface area contributed by atoms with E-state index in [2.05, 4.69) is 40.8 Å². The van der Waals surface area contributed by atoms with Crippen LogP contribution in [-0.4, -0.2) is 29.2 Å². The number of fused-ring (bicyclic) bond motifs is 1. The zero-order valence-electron chi connectivity index (χ0n) is 12.2. The number of hydrogen-bond donors (Lipinski definition) is 0. The molecule has 0 spiro atoms. The van der Waals surface area contributed by atoms with Gasteiger partial charge >= 0.3 is 0 Å². The lowest BCUT2D eigenvalue weighted by Gasteiger charge is -2.34. The summed E-state index contributed by atoms with van der Waals surface area (Å²) >= 11 is 0. The predicted octanol–water partition coefficient (Wildman–Crippen LogP) is 2.82. The standard InChI is InChI=1S/C17H19N3O/c1-14-17-3-2-8-20(17)10-9-19(14)11-12-21-16-6-4-15(13-18)5-7-16/h2-8,14H,9-12H2,1H3. The summed E-state index contributed by atoms with van der Waals surface area (Å²) in [7, 11) is 0. The molecule has 1 unspecified atom stereocenters. The Hall–Kier alpha value is -2.25. The molecule has 108 valence electrons. The van der Waals surface area contributed by atoms with E-state index in [-0.39, 0.29) is 0 Å². The minimum Gasteiger partial charge on any atom is -0.492 e. The van der Waals surface area contributed by atoms with Gasteiger partial charge in [-0.3, -0.25) is 4.90 Å². The Morgan fingerprint density at radius 3 is 2.81 bits per heavy atom. The molecular weight excluding hydrogens is 262 g/mol. The summed E-state index contributed by atoms with van der Waals surface area (Å²) in [4.78, 5) is 2.44. The highest BCUT2D eigenvalue weighted by molar-refractivity contribution is 5.34. The van der Waals surface area contributed by atoms with E-state index in [1.165, 1.54) is 5.69 Å². The normalized spacial score (nSPS) is 18.0.